The van der Waals surface area contributed by atoms with Crippen molar-refractivity contribution < 1.29 is 14.3 Å². The van der Waals surface area contributed by atoms with E-state index in [1.807, 2.05) is 59.0 Å². The van der Waals surface area contributed by atoms with Crippen molar-refractivity contribution in [2.24, 2.45) is 0 Å². The molecule has 3 aromatic rings. The Hall–Kier alpha value is -3.61. The molecule has 2 aromatic carbocycles. The lowest BCUT2D eigenvalue weighted by molar-refractivity contribution is 0.0687. The Labute approximate surface area is 181 Å². The molecule has 0 aliphatic carbocycles. The maximum absolute atomic E-state index is 12.9. The van der Waals surface area contributed by atoms with Crippen molar-refractivity contribution in [2.45, 2.75) is 25.8 Å². The van der Waals surface area contributed by atoms with E-state index in [4.69, 9.17) is 4.74 Å². The summed E-state index contributed by atoms with van der Waals surface area (Å²) in [6.07, 6.45) is 3.21. The molecule has 0 atom stereocenters. The van der Waals surface area contributed by atoms with Gasteiger partial charge in [0.15, 0.2) is 0 Å². The first-order chi connectivity index (χ1) is 15.1. The summed E-state index contributed by atoms with van der Waals surface area (Å²) in [6, 6.07) is 16.7. The lowest BCUT2D eigenvalue weighted by Gasteiger charge is -2.33. The Morgan fingerprint density at radius 2 is 1.68 bits per heavy atom. The van der Waals surface area contributed by atoms with Crippen molar-refractivity contribution in [1.29, 1.82) is 0 Å². The van der Waals surface area contributed by atoms with Crippen LogP contribution < -0.4 is 10.1 Å². The van der Waals surface area contributed by atoms with E-state index in [0.717, 1.165) is 18.4 Å². The number of methoxy groups -OCH3 is 1. The molecule has 0 unspecified atom stereocenters. The first kappa shape index (κ1) is 20.7. The maximum Gasteiger partial charge on any atom is 0.257 e. The zero-order valence-electron chi connectivity index (χ0n) is 17.7. The van der Waals surface area contributed by atoms with Gasteiger partial charge in [-0.15, -0.1) is 0 Å². The summed E-state index contributed by atoms with van der Waals surface area (Å²) in [5.74, 6) is 1.08. The van der Waals surface area contributed by atoms with E-state index in [-0.39, 0.29) is 17.9 Å². The van der Waals surface area contributed by atoms with Crippen LogP contribution in [0, 0.1) is 6.92 Å². The fourth-order valence-corrected chi connectivity index (χ4v) is 4.02. The summed E-state index contributed by atoms with van der Waals surface area (Å²) in [6.45, 7) is 3.15. The summed E-state index contributed by atoms with van der Waals surface area (Å²) in [4.78, 5) is 27.5. The molecule has 7 nitrogen and oxygen atoms in total. The third-order valence-corrected chi connectivity index (χ3v) is 5.74. The van der Waals surface area contributed by atoms with E-state index in [1.165, 1.54) is 0 Å². The monoisotopic (exact) mass is 418 g/mol. The van der Waals surface area contributed by atoms with Crippen LogP contribution in [0.15, 0.2) is 60.8 Å². The van der Waals surface area contributed by atoms with E-state index in [0.29, 0.717) is 35.8 Å². The molecule has 1 aromatic heterocycles. The molecule has 4 rings (SSSR count). The number of para-hydroxylation sites is 1. The van der Waals surface area contributed by atoms with Gasteiger partial charge >= 0.3 is 0 Å². The van der Waals surface area contributed by atoms with Gasteiger partial charge in [0.1, 0.15) is 11.6 Å². The van der Waals surface area contributed by atoms with Crippen molar-refractivity contribution in [3.8, 4) is 5.75 Å². The highest BCUT2D eigenvalue weighted by molar-refractivity contribution is 6.04. The molecule has 31 heavy (non-hydrogen) atoms. The number of ether oxygens (including phenoxy) is 1. The minimum Gasteiger partial charge on any atom is -0.496 e. The van der Waals surface area contributed by atoms with Crippen molar-refractivity contribution in [3.05, 3.63) is 77.5 Å². The third kappa shape index (κ3) is 4.30. The van der Waals surface area contributed by atoms with Crippen molar-refractivity contribution in [3.63, 3.8) is 0 Å². The summed E-state index contributed by atoms with van der Waals surface area (Å²) < 4.78 is 7.20. The van der Waals surface area contributed by atoms with E-state index < -0.39 is 0 Å². The van der Waals surface area contributed by atoms with E-state index in [1.54, 1.807) is 25.4 Å². The second-order valence-electron chi connectivity index (χ2n) is 7.65. The average molecular weight is 418 g/mol. The smallest absolute Gasteiger partial charge is 0.257 e. The molecule has 1 N–H and O–H groups in total. The van der Waals surface area contributed by atoms with E-state index in [9.17, 15) is 9.59 Å². The van der Waals surface area contributed by atoms with Crippen molar-refractivity contribution in [1.82, 2.24) is 14.7 Å². The van der Waals surface area contributed by atoms with Gasteiger partial charge in [0, 0.05) is 24.7 Å². The normalized spacial score (nSPS) is 14.3. The Morgan fingerprint density at radius 1 is 1.00 bits per heavy atom. The molecule has 0 radical (unpaired) electrons. The molecule has 7 heteroatoms. The van der Waals surface area contributed by atoms with Crippen LogP contribution in [0.25, 0.3) is 0 Å². The Morgan fingerprint density at radius 3 is 2.39 bits per heavy atom. The van der Waals surface area contributed by atoms with Crippen LogP contribution in [-0.2, 0) is 0 Å². The van der Waals surface area contributed by atoms with Gasteiger partial charge in [-0.2, -0.15) is 5.10 Å². The number of aryl methyl sites for hydroxylation is 1. The largest absolute Gasteiger partial charge is 0.496 e. The first-order valence-corrected chi connectivity index (χ1v) is 10.4. The quantitative estimate of drug-likeness (QED) is 0.681. The second-order valence-corrected chi connectivity index (χ2v) is 7.65. The fourth-order valence-electron chi connectivity index (χ4n) is 4.02. The number of aromatic nitrogens is 2. The number of nitrogens with one attached hydrogen (secondary N) is 1. The van der Waals surface area contributed by atoms with Gasteiger partial charge in [-0.3, -0.25) is 9.59 Å². The number of amides is 2. The van der Waals surface area contributed by atoms with Gasteiger partial charge < -0.3 is 15.0 Å². The molecule has 1 fully saturated rings. The van der Waals surface area contributed by atoms with Gasteiger partial charge in [-0.25, -0.2) is 4.68 Å². The molecule has 0 spiro atoms. The van der Waals surface area contributed by atoms with Gasteiger partial charge in [-0.1, -0.05) is 30.3 Å². The minimum absolute atomic E-state index is 0.0237. The minimum atomic E-state index is -0.149. The predicted octanol–water partition coefficient (Wildman–Crippen LogP) is 3.93. The summed E-state index contributed by atoms with van der Waals surface area (Å²) in [5.41, 5.74) is 2.15. The van der Waals surface area contributed by atoms with Crippen LogP contribution in [-0.4, -0.2) is 46.7 Å². The molecule has 1 aliphatic heterocycles. The molecule has 0 bridgehead atoms. The molecule has 160 valence electrons. The molecular formula is C24H26N4O3. The molecule has 1 saturated heterocycles. The summed E-state index contributed by atoms with van der Waals surface area (Å²) in [7, 11) is 1.57. The molecule has 2 heterocycles. The lowest BCUT2D eigenvalue weighted by atomic mass is 10.0. The molecule has 0 saturated carbocycles. The maximum atomic E-state index is 12.9. The topological polar surface area (TPSA) is 76.5 Å². The number of rotatable bonds is 5. The van der Waals surface area contributed by atoms with Gasteiger partial charge in [0.25, 0.3) is 11.8 Å². The van der Waals surface area contributed by atoms with Crippen LogP contribution in [0.3, 0.4) is 0 Å². The summed E-state index contributed by atoms with van der Waals surface area (Å²) >= 11 is 0. The zero-order valence-corrected chi connectivity index (χ0v) is 17.7. The van der Waals surface area contributed by atoms with Crippen molar-refractivity contribution >= 4 is 17.6 Å². The number of carbonyl (C=O) groups is 2. The van der Waals surface area contributed by atoms with Crippen LogP contribution in [0.5, 0.6) is 5.75 Å². The average Bonchev–Trinajstić information content (AvgIpc) is 3.27. The van der Waals surface area contributed by atoms with Crippen LogP contribution in [0.1, 0.15) is 45.2 Å². The number of benzene rings is 2. The zero-order chi connectivity index (χ0) is 21.8. The SMILES string of the molecule is COc1ccccc1C(=O)N1CCC(n2nccc2NC(=O)c2ccccc2C)CC1. The number of anilines is 1. The molecular weight excluding hydrogens is 392 g/mol. The number of hydrogen-bond donors (Lipinski definition) is 1. The Balaban J connectivity index is 1.42. The molecule has 2 amide bonds. The van der Waals surface area contributed by atoms with Crippen LogP contribution in [0.2, 0.25) is 0 Å². The predicted molar refractivity (Wildman–Crippen MR) is 119 cm³/mol. The standard InChI is InChI=1S/C24H26N4O3/c1-17-7-3-4-8-19(17)23(29)26-22-11-14-25-28(22)18-12-15-27(16-13-18)24(30)20-9-5-6-10-21(20)31-2/h3-11,14,18H,12-13,15-16H2,1-2H3,(H,26,29). The fraction of sp³-hybridized carbons (Fsp3) is 0.292. The number of hydrogen-bond acceptors (Lipinski definition) is 4. The highest BCUT2D eigenvalue weighted by Crippen LogP contribution is 2.28. The number of carbonyl (C=O) groups excluding carboxylic acids is 2. The van der Waals surface area contributed by atoms with Gasteiger partial charge in [-0.05, 0) is 43.5 Å². The number of piperidine rings is 1. The first-order valence-electron chi connectivity index (χ1n) is 10.4. The highest BCUT2D eigenvalue weighted by atomic mass is 16.5. The van der Waals surface area contributed by atoms with Gasteiger partial charge in [0.05, 0.1) is 24.9 Å². The van der Waals surface area contributed by atoms with Crippen LogP contribution in [0.4, 0.5) is 5.82 Å². The highest BCUT2D eigenvalue weighted by Gasteiger charge is 2.27. The number of nitrogens with zero attached hydrogens (tertiary/aromatic N) is 3. The third-order valence-electron chi connectivity index (χ3n) is 5.74. The Kier molecular flexibility index (Phi) is 6.02. The molecule has 1 aliphatic rings. The van der Waals surface area contributed by atoms with Crippen LogP contribution >= 0.6 is 0 Å². The number of likely N-dealkylation sites (tertiary alicyclic amines) is 1. The van der Waals surface area contributed by atoms with E-state index in [2.05, 4.69) is 10.4 Å². The van der Waals surface area contributed by atoms with E-state index >= 15 is 0 Å². The lowest BCUT2D eigenvalue weighted by Crippen LogP contribution is -2.39. The summed E-state index contributed by atoms with van der Waals surface area (Å²) in [5, 5.41) is 7.43. The second kappa shape index (κ2) is 9.04. The van der Waals surface area contributed by atoms with Gasteiger partial charge in [0.2, 0.25) is 0 Å². The Bertz CT molecular complexity index is 1080. The van der Waals surface area contributed by atoms with Crippen molar-refractivity contribution in [2.75, 3.05) is 25.5 Å².